The number of hydrogen-bond acceptors (Lipinski definition) is 3. The van der Waals surface area contributed by atoms with E-state index in [4.69, 9.17) is 4.74 Å². The third-order valence-electron chi connectivity index (χ3n) is 3.63. The van der Waals surface area contributed by atoms with Crippen LogP contribution in [-0.4, -0.2) is 22.5 Å². The summed E-state index contributed by atoms with van der Waals surface area (Å²) in [5.74, 6) is 0. The maximum atomic E-state index is 12.7. The van der Waals surface area contributed by atoms with Gasteiger partial charge in [-0.25, -0.2) is 9.36 Å². The Balaban J connectivity index is 2.17. The Bertz CT molecular complexity index is 899. The summed E-state index contributed by atoms with van der Waals surface area (Å²) in [6.45, 7) is 5.53. The molecule has 0 aliphatic carbocycles. The van der Waals surface area contributed by atoms with E-state index in [1.165, 1.54) is 0 Å². The molecule has 3 rings (SSSR count). The van der Waals surface area contributed by atoms with Crippen molar-refractivity contribution in [3.63, 3.8) is 0 Å². The van der Waals surface area contributed by atoms with Crippen LogP contribution >= 0.6 is 0 Å². The molecule has 4 heteroatoms. The Kier molecular flexibility index (Phi) is 3.97. The fourth-order valence-corrected chi connectivity index (χ4v) is 2.60. The van der Waals surface area contributed by atoms with Gasteiger partial charge < -0.3 is 4.74 Å². The zero-order valence-electron chi connectivity index (χ0n) is 13.9. The molecule has 24 heavy (non-hydrogen) atoms. The van der Waals surface area contributed by atoms with E-state index in [0.717, 1.165) is 28.4 Å². The topological polar surface area (TPSA) is 48.3 Å². The number of hydrogen-bond donors (Lipinski definition) is 0. The summed E-state index contributed by atoms with van der Waals surface area (Å²) < 4.78 is 7.14. The summed E-state index contributed by atoms with van der Waals surface area (Å²) in [6, 6.07) is 16.8. The molecular weight excluding hydrogens is 302 g/mol. The van der Waals surface area contributed by atoms with Gasteiger partial charge in [0.1, 0.15) is 11.9 Å². The van der Waals surface area contributed by atoms with Gasteiger partial charge in [-0.3, -0.25) is 4.79 Å². The monoisotopic (exact) mass is 321 g/mol. The van der Waals surface area contributed by atoms with Gasteiger partial charge in [-0.05, 0) is 38.5 Å². The molecule has 0 saturated heterocycles. The first-order valence-corrected chi connectivity index (χ1v) is 7.78. The summed E-state index contributed by atoms with van der Waals surface area (Å²) in [5.41, 5.74) is 2.40. The lowest BCUT2D eigenvalue weighted by molar-refractivity contribution is 0.0547. The molecule has 2 aromatic carbocycles. The van der Waals surface area contributed by atoms with Gasteiger partial charge in [0.25, 0.3) is 0 Å². The van der Waals surface area contributed by atoms with Crippen molar-refractivity contribution in [2.75, 3.05) is 0 Å². The first-order chi connectivity index (χ1) is 11.4. The van der Waals surface area contributed by atoms with E-state index in [1.807, 2.05) is 63.2 Å². The number of para-hydroxylation sites is 1. The van der Waals surface area contributed by atoms with Crippen LogP contribution in [0.25, 0.3) is 22.2 Å². The largest absolute Gasteiger partial charge is 0.443 e. The van der Waals surface area contributed by atoms with Crippen molar-refractivity contribution in [1.29, 1.82) is 0 Å². The van der Waals surface area contributed by atoms with E-state index < -0.39 is 11.7 Å². The quantitative estimate of drug-likeness (QED) is 0.630. The average Bonchev–Trinajstić information content (AvgIpc) is 2.93. The zero-order chi connectivity index (χ0) is 17.3. The van der Waals surface area contributed by atoms with E-state index in [9.17, 15) is 9.59 Å². The molecule has 4 nitrogen and oxygen atoms in total. The molecule has 122 valence electrons. The zero-order valence-corrected chi connectivity index (χ0v) is 13.9. The number of ether oxygens (including phenoxy) is 1. The predicted molar refractivity (Wildman–Crippen MR) is 94.4 cm³/mol. The fraction of sp³-hybridized carbons (Fsp3) is 0.200. The van der Waals surface area contributed by atoms with Gasteiger partial charge in [0, 0.05) is 10.9 Å². The van der Waals surface area contributed by atoms with E-state index >= 15 is 0 Å². The van der Waals surface area contributed by atoms with Crippen molar-refractivity contribution in [2.24, 2.45) is 0 Å². The van der Waals surface area contributed by atoms with Crippen molar-refractivity contribution in [2.45, 2.75) is 26.4 Å². The molecule has 0 radical (unpaired) electrons. The summed E-state index contributed by atoms with van der Waals surface area (Å²) >= 11 is 0. The first kappa shape index (κ1) is 16.0. The van der Waals surface area contributed by atoms with Crippen LogP contribution in [0.4, 0.5) is 4.79 Å². The first-order valence-electron chi connectivity index (χ1n) is 7.78. The highest BCUT2D eigenvalue weighted by molar-refractivity contribution is 5.96. The third kappa shape index (κ3) is 3.08. The second-order valence-corrected chi connectivity index (χ2v) is 6.64. The summed E-state index contributed by atoms with van der Waals surface area (Å²) in [4.78, 5) is 23.6. The minimum atomic E-state index is -0.582. The van der Waals surface area contributed by atoms with Crippen molar-refractivity contribution in [1.82, 2.24) is 4.57 Å². The number of nitrogens with zero attached hydrogens (tertiary/aromatic N) is 1. The van der Waals surface area contributed by atoms with Crippen LogP contribution < -0.4 is 0 Å². The Morgan fingerprint density at radius 2 is 1.71 bits per heavy atom. The van der Waals surface area contributed by atoms with Gasteiger partial charge in [0.2, 0.25) is 0 Å². The van der Waals surface area contributed by atoms with Crippen LogP contribution in [0.5, 0.6) is 0 Å². The van der Waals surface area contributed by atoms with Gasteiger partial charge in [0.05, 0.1) is 11.2 Å². The Hall–Kier alpha value is -2.88. The molecule has 0 N–H and O–H groups in total. The van der Waals surface area contributed by atoms with E-state index in [0.29, 0.717) is 5.56 Å². The molecule has 1 heterocycles. The molecule has 0 aliphatic heterocycles. The Morgan fingerprint density at radius 3 is 2.33 bits per heavy atom. The molecule has 0 spiro atoms. The highest BCUT2D eigenvalue weighted by Crippen LogP contribution is 2.29. The summed E-state index contributed by atoms with van der Waals surface area (Å²) in [7, 11) is 0. The van der Waals surface area contributed by atoms with Crippen molar-refractivity contribution < 1.29 is 14.3 Å². The van der Waals surface area contributed by atoms with Gasteiger partial charge in [-0.15, -0.1) is 0 Å². The molecule has 3 aromatic rings. The molecule has 1 aromatic heterocycles. The van der Waals surface area contributed by atoms with Crippen LogP contribution in [0.15, 0.2) is 54.6 Å². The second kappa shape index (κ2) is 5.96. The van der Waals surface area contributed by atoms with Gasteiger partial charge >= 0.3 is 6.09 Å². The molecule has 0 unspecified atom stereocenters. The SMILES string of the molecule is CC(C)(C)OC(=O)n1c(-c2ccc(C=O)cc2)cc2ccccc21. The lowest BCUT2D eigenvalue weighted by Gasteiger charge is -2.21. The van der Waals surface area contributed by atoms with Gasteiger partial charge in [0.15, 0.2) is 0 Å². The number of aromatic nitrogens is 1. The smallest absolute Gasteiger partial charge is 0.419 e. The van der Waals surface area contributed by atoms with Crippen LogP contribution in [0.2, 0.25) is 0 Å². The number of carbonyl (C=O) groups excluding carboxylic acids is 2. The van der Waals surface area contributed by atoms with Crippen LogP contribution in [0.3, 0.4) is 0 Å². The van der Waals surface area contributed by atoms with Crippen LogP contribution in [0.1, 0.15) is 31.1 Å². The summed E-state index contributed by atoms with van der Waals surface area (Å²) in [5, 5.41) is 0.956. The number of benzene rings is 2. The van der Waals surface area contributed by atoms with E-state index in [-0.39, 0.29) is 0 Å². The molecule has 0 saturated carbocycles. The molecule has 0 amide bonds. The van der Waals surface area contributed by atoms with Gasteiger partial charge in [-0.2, -0.15) is 0 Å². The number of rotatable bonds is 2. The number of fused-ring (bicyclic) bond motifs is 1. The molecule has 0 atom stereocenters. The Labute approximate surface area is 140 Å². The van der Waals surface area contributed by atoms with E-state index in [1.54, 1.807) is 16.7 Å². The normalized spacial score (nSPS) is 11.5. The van der Waals surface area contributed by atoms with E-state index in [2.05, 4.69) is 0 Å². The van der Waals surface area contributed by atoms with Crippen molar-refractivity contribution in [3.05, 3.63) is 60.2 Å². The molecular formula is C20H19NO3. The van der Waals surface area contributed by atoms with Crippen LogP contribution in [0, 0.1) is 0 Å². The Morgan fingerprint density at radius 1 is 1.04 bits per heavy atom. The maximum Gasteiger partial charge on any atom is 0.419 e. The highest BCUT2D eigenvalue weighted by atomic mass is 16.6. The lowest BCUT2D eigenvalue weighted by atomic mass is 10.1. The van der Waals surface area contributed by atoms with Crippen molar-refractivity contribution >= 4 is 23.3 Å². The fourth-order valence-electron chi connectivity index (χ4n) is 2.60. The highest BCUT2D eigenvalue weighted by Gasteiger charge is 2.22. The summed E-state index contributed by atoms with van der Waals surface area (Å²) in [6.07, 6.45) is 0.380. The third-order valence-corrected chi connectivity index (χ3v) is 3.63. The van der Waals surface area contributed by atoms with Crippen molar-refractivity contribution in [3.8, 4) is 11.3 Å². The van der Waals surface area contributed by atoms with Crippen LogP contribution in [-0.2, 0) is 4.74 Å². The predicted octanol–water partition coefficient (Wildman–Crippen LogP) is 4.90. The molecule has 0 fully saturated rings. The number of carbonyl (C=O) groups is 2. The lowest BCUT2D eigenvalue weighted by Crippen LogP contribution is -2.27. The van der Waals surface area contributed by atoms with Gasteiger partial charge in [-0.1, -0.05) is 42.5 Å². The number of aldehydes is 1. The molecule has 0 bridgehead atoms. The maximum absolute atomic E-state index is 12.7. The minimum Gasteiger partial charge on any atom is -0.443 e. The average molecular weight is 321 g/mol. The standard InChI is InChI=1S/C20H19NO3/c1-20(2,3)24-19(23)21-17-7-5-4-6-16(17)12-18(21)15-10-8-14(13-22)9-11-15/h4-13H,1-3H3. The molecule has 0 aliphatic rings. The second-order valence-electron chi connectivity index (χ2n) is 6.64. The minimum absolute atomic E-state index is 0.418.